The van der Waals surface area contributed by atoms with E-state index in [2.05, 4.69) is 39.3 Å². The zero-order valence-corrected chi connectivity index (χ0v) is 39.0. The van der Waals surface area contributed by atoms with Gasteiger partial charge in [0.05, 0.1) is 17.5 Å². The third kappa shape index (κ3) is 7.69. The molecule has 3 aromatic carbocycles. The van der Waals surface area contributed by atoms with Gasteiger partial charge in [-0.3, -0.25) is 9.59 Å². The first-order valence-corrected chi connectivity index (χ1v) is 24.4. The number of amides is 1. The highest BCUT2D eigenvalue weighted by atomic mass is 17.2. The molecule has 12 atom stereocenters. The van der Waals surface area contributed by atoms with Crippen LogP contribution in [-0.4, -0.2) is 119 Å². The number of benzene rings is 3. The Morgan fingerprint density at radius 1 is 0.986 bits per heavy atom. The number of aromatic nitrogens is 2. The summed E-state index contributed by atoms with van der Waals surface area (Å²) >= 11 is 0. The molecule has 10 N–H and O–H groups in total. The average Bonchev–Trinajstić information content (AvgIpc) is 4.09. The van der Waals surface area contributed by atoms with Gasteiger partial charge >= 0.3 is 0 Å². The number of aromatic amines is 1. The van der Waals surface area contributed by atoms with Crippen LogP contribution in [-0.2, 0) is 33.8 Å². The third-order valence-corrected chi connectivity index (χ3v) is 16.4. The number of rotatable bonds is 13. The monoisotopic (exact) mass is 960 g/mol. The maximum Gasteiger partial charge on any atom is 0.220 e. The van der Waals surface area contributed by atoms with E-state index in [1.54, 1.807) is 13.0 Å². The first-order chi connectivity index (χ1) is 33.7. The molecule has 2 bridgehead atoms. The molecular formula is C53H60N4O13. The summed E-state index contributed by atoms with van der Waals surface area (Å²) in [7, 11) is 0. The second-order valence-corrected chi connectivity index (χ2v) is 20.5. The molecule has 1 spiro atoms. The van der Waals surface area contributed by atoms with E-state index in [1.165, 1.54) is 36.4 Å². The number of nitrogens with one attached hydrogen (secondary N) is 3. The summed E-state index contributed by atoms with van der Waals surface area (Å²) in [6.45, 7) is 3.28. The molecule has 2 saturated carbocycles. The van der Waals surface area contributed by atoms with E-state index in [9.17, 15) is 45.3 Å². The molecule has 5 aliphatic rings. The van der Waals surface area contributed by atoms with Gasteiger partial charge in [0.1, 0.15) is 65.2 Å². The molecule has 17 nitrogen and oxygen atoms in total. The molecule has 370 valence electrons. The number of aliphatic hydroxyl groups is 5. The predicted molar refractivity (Wildman–Crippen MR) is 257 cm³/mol. The van der Waals surface area contributed by atoms with E-state index < -0.39 is 55.3 Å². The van der Waals surface area contributed by atoms with Crippen molar-refractivity contribution >= 4 is 38.6 Å². The number of carbonyl (C=O) groups excluding carboxylic acids is 1. The van der Waals surface area contributed by atoms with Gasteiger partial charge in [0.15, 0.2) is 16.8 Å². The van der Waals surface area contributed by atoms with Crippen LogP contribution in [0.2, 0.25) is 0 Å². The summed E-state index contributed by atoms with van der Waals surface area (Å²) in [5.41, 5.74) is -0.0328. The summed E-state index contributed by atoms with van der Waals surface area (Å²) in [6, 6.07) is 12.4. The molecule has 6 aromatic rings. The Hall–Kier alpha value is -5.76. The number of aliphatic hydroxyl groups excluding tert-OH is 4. The maximum absolute atomic E-state index is 14.0. The van der Waals surface area contributed by atoms with Gasteiger partial charge in [-0.05, 0) is 104 Å². The van der Waals surface area contributed by atoms with Crippen LogP contribution in [0.5, 0.6) is 17.2 Å². The van der Waals surface area contributed by atoms with Crippen molar-refractivity contribution in [1.29, 1.82) is 0 Å². The van der Waals surface area contributed by atoms with Crippen LogP contribution in [0.15, 0.2) is 82.3 Å². The zero-order valence-electron chi connectivity index (χ0n) is 39.0. The Labute approximate surface area is 402 Å². The van der Waals surface area contributed by atoms with E-state index in [0.717, 1.165) is 29.4 Å². The van der Waals surface area contributed by atoms with Gasteiger partial charge in [-0.25, -0.2) is 9.78 Å². The van der Waals surface area contributed by atoms with Crippen LogP contribution in [0.25, 0.3) is 38.3 Å². The lowest BCUT2D eigenvalue weighted by molar-refractivity contribution is -0.381. The van der Waals surface area contributed by atoms with Gasteiger partial charge < -0.3 is 65.1 Å². The number of carbonyl (C=O) groups is 1. The van der Waals surface area contributed by atoms with Gasteiger partial charge in [0.25, 0.3) is 0 Å². The van der Waals surface area contributed by atoms with E-state index >= 15 is 0 Å². The second-order valence-electron chi connectivity index (χ2n) is 20.5. The average molecular weight is 961 g/mol. The highest BCUT2D eigenvalue weighted by Crippen LogP contribution is 2.59. The quantitative estimate of drug-likeness (QED) is 0.0448. The molecule has 3 aromatic heterocycles. The molecule has 0 unspecified atom stereocenters. The van der Waals surface area contributed by atoms with Crippen LogP contribution in [0.4, 0.5) is 0 Å². The van der Waals surface area contributed by atoms with Crippen LogP contribution in [0.3, 0.4) is 0 Å². The summed E-state index contributed by atoms with van der Waals surface area (Å²) in [4.78, 5) is 43.2. The number of phenolic OH excluding ortho intramolecular Hbond substituents is 2. The zero-order chi connectivity index (χ0) is 48.8. The van der Waals surface area contributed by atoms with E-state index in [-0.39, 0.29) is 64.9 Å². The number of nitrogens with zero attached hydrogens (tertiary/aromatic N) is 1. The predicted octanol–water partition coefficient (Wildman–Crippen LogP) is 3.87. The summed E-state index contributed by atoms with van der Waals surface area (Å²) in [5, 5.41) is 85.9. The number of hydrogen-bond acceptors (Lipinski definition) is 14. The fourth-order valence-electron chi connectivity index (χ4n) is 13.1. The number of hydrogen-bond donors (Lipinski definition) is 10. The highest BCUT2D eigenvalue weighted by molar-refractivity contribution is 5.93. The van der Waals surface area contributed by atoms with E-state index in [4.69, 9.17) is 18.9 Å². The fourth-order valence-corrected chi connectivity index (χ4v) is 13.1. The largest absolute Gasteiger partial charge is 0.508 e. The van der Waals surface area contributed by atoms with Crippen LogP contribution in [0.1, 0.15) is 55.2 Å². The van der Waals surface area contributed by atoms with Crippen molar-refractivity contribution in [3.8, 4) is 22.9 Å². The second kappa shape index (κ2) is 17.8. The topological polar surface area (TPSA) is 261 Å². The Kier molecular flexibility index (Phi) is 11.9. The minimum absolute atomic E-state index is 0.00217. The van der Waals surface area contributed by atoms with Crippen LogP contribution in [0, 0.1) is 36.5 Å². The molecule has 0 radical (unpaired) electrons. The molecule has 6 heterocycles. The molecule has 3 aliphatic heterocycles. The van der Waals surface area contributed by atoms with Crippen molar-refractivity contribution in [3.05, 3.63) is 106 Å². The van der Waals surface area contributed by atoms with Gasteiger partial charge in [0, 0.05) is 84.8 Å². The lowest BCUT2D eigenvalue weighted by Crippen LogP contribution is -2.69. The number of aromatic hydroxyl groups is 2. The SMILES string of the molecule is CCc1c2cc[nH]c2cn1-c1c2c(cc3c(=O)cc(C)oc13)C[C@@H](OOC[C@@](O)(Cc1ccc(O)c3ccc(O)cc13)[C@@H](O)[C@H](O)[C@H](O)CO)[C@@]1(C[C@@H]([C@H]3CNC(=O)C3)[C@H]3C[C@@H]4C=CCN[C@@H]4[C@@H]1C3)O2. The first kappa shape index (κ1) is 46.6. The smallest absolute Gasteiger partial charge is 0.220 e. The molecular weight excluding hydrogens is 901 g/mol. The third-order valence-electron chi connectivity index (χ3n) is 16.4. The van der Waals surface area contributed by atoms with Crippen LogP contribution >= 0.6 is 0 Å². The summed E-state index contributed by atoms with van der Waals surface area (Å²) in [5.74, 6) is 0.954. The fraction of sp³-hybridized carbons (Fsp3) is 0.472. The molecule has 70 heavy (non-hydrogen) atoms. The molecule has 11 rings (SSSR count). The van der Waals surface area contributed by atoms with Gasteiger partial charge in [-0.2, -0.15) is 0 Å². The van der Waals surface area contributed by atoms with Gasteiger partial charge in [-0.1, -0.05) is 25.1 Å². The van der Waals surface area contributed by atoms with Crippen molar-refractivity contribution in [2.75, 3.05) is 26.3 Å². The number of aryl methyl sites for hydroxylation is 2. The molecule has 3 fully saturated rings. The highest BCUT2D eigenvalue weighted by Gasteiger charge is 2.64. The summed E-state index contributed by atoms with van der Waals surface area (Å²) in [6.07, 6.45) is 4.24. The lowest BCUT2D eigenvalue weighted by Gasteiger charge is -2.61. The lowest BCUT2D eigenvalue weighted by atomic mass is 9.51. The van der Waals surface area contributed by atoms with Crippen molar-refractivity contribution in [3.63, 3.8) is 0 Å². The Balaban J connectivity index is 1.06. The normalized spacial score (nSPS) is 28.3. The van der Waals surface area contributed by atoms with Crippen molar-refractivity contribution < 1.29 is 59.5 Å². The van der Waals surface area contributed by atoms with Crippen molar-refractivity contribution in [2.45, 2.75) is 100 Å². The first-order valence-electron chi connectivity index (χ1n) is 24.4. The van der Waals surface area contributed by atoms with Gasteiger partial charge in [0.2, 0.25) is 5.91 Å². The molecule has 1 amide bonds. The number of fused-ring (bicyclic) bond motifs is 9. The van der Waals surface area contributed by atoms with Crippen LogP contribution < -0.4 is 20.8 Å². The number of H-pyrrole nitrogens is 1. The minimum atomic E-state index is -2.43. The minimum Gasteiger partial charge on any atom is -0.508 e. The molecule has 2 aliphatic carbocycles. The number of phenols is 2. The maximum atomic E-state index is 14.0. The standard InChI is InChI=1S/C53H60N4O13/c1-3-40-34-10-12-54-39(34)23-57(40)47-49-30(15-36-42(61)13-26(2)68-50(36)47)17-44(53(69-49)21-37(31-18-45(63)56-22-31)29-14-27-5-4-11-55-46(27)38(53)16-29)70-67-25-52(66,51(65)48(64)43(62)24-58)20-28-6-9-41(60)33-8-7-32(59)19-35(28)33/h4-10,12-13,15,19,23,27,29,31,37-38,43-44,46,48,51,54-55,58-60,62,64-66H,3,11,14,16-18,20-22,24-25H2,1-2H3,(H,56,63)/t27-,29-,31+,37+,38-,43+,44+,46-,48+,51-,52-,53-/m0/s1. The van der Waals surface area contributed by atoms with E-state index in [0.29, 0.717) is 82.4 Å². The Bertz CT molecular complexity index is 3090. The molecule has 1 saturated heterocycles. The van der Waals surface area contributed by atoms with Crippen molar-refractivity contribution in [2.24, 2.45) is 29.6 Å². The summed E-state index contributed by atoms with van der Waals surface area (Å²) < 4.78 is 16.4. The number of ether oxygens (including phenoxy) is 1. The van der Waals surface area contributed by atoms with E-state index in [1.807, 2.05) is 18.5 Å². The Morgan fingerprint density at radius 3 is 2.61 bits per heavy atom. The van der Waals surface area contributed by atoms with Gasteiger partial charge in [-0.15, -0.1) is 0 Å². The Morgan fingerprint density at radius 2 is 1.83 bits per heavy atom. The molecule has 17 heteroatoms. The van der Waals surface area contributed by atoms with Crippen molar-refractivity contribution in [1.82, 2.24) is 20.2 Å².